The number of benzene rings is 1. The van der Waals surface area contributed by atoms with Crippen LogP contribution >= 0.6 is 11.6 Å². The van der Waals surface area contributed by atoms with E-state index in [1.807, 2.05) is 0 Å². The second-order valence-electron chi connectivity index (χ2n) is 5.49. The summed E-state index contributed by atoms with van der Waals surface area (Å²) in [6, 6.07) is 9.09. The molecule has 3 rings (SSSR count). The second-order valence-corrected chi connectivity index (χ2v) is 7.59. The van der Waals surface area contributed by atoms with Crippen molar-refractivity contribution in [2.75, 3.05) is 0 Å². The molecule has 126 valence electrons. The molecule has 0 saturated heterocycles. The SMILES string of the molecule is O=C(OCc1ccc(Cl)nc1)c1cccc(S(=O)(=O)NC2CC2)c1. The van der Waals surface area contributed by atoms with Crippen molar-refractivity contribution < 1.29 is 17.9 Å². The van der Waals surface area contributed by atoms with Crippen molar-refractivity contribution in [3.8, 4) is 0 Å². The van der Waals surface area contributed by atoms with Gasteiger partial charge in [0, 0.05) is 17.8 Å². The summed E-state index contributed by atoms with van der Waals surface area (Å²) in [5.41, 5.74) is 0.863. The summed E-state index contributed by atoms with van der Waals surface area (Å²) in [5.74, 6) is -0.603. The number of nitrogens with zero attached hydrogens (tertiary/aromatic N) is 1. The van der Waals surface area contributed by atoms with Gasteiger partial charge in [-0.3, -0.25) is 0 Å². The van der Waals surface area contributed by atoms with Crippen LogP contribution < -0.4 is 4.72 Å². The van der Waals surface area contributed by atoms with Crippen LogP contribution in [0.4, 0.5) is 0 Å². The number of ether oxygens (including phenoxy) is 1. The van der Waals surface area contributed by atoms with Gasteiger partial charge in [0.15, 0.2) is 0 Å². The number of carbonyl (C=O) groups is 1. The molecule has 1 N–H and O–H groups in total. The van der Waals surface area contributed by atoms with E-state index in [-0.39, 0.29) is 23.1 Å². The minimum Gasteiger partial charge on any atom is -0.457 e. The number of sulfonamides is 1. The first-order valence-electron chi connectivity index (χ1n) is 7.34. The van der Waals surface area contributed by atoms with Crippen molar-refractivity contribution in [1.82, 2.24) is 9.71 Å². The second kappa shape index (κ2) is 6.88. The maximum absolute atomic E-state index is 12.2. The van der Waals surface area contributed by atoms with Crippen LogP contribution in [0, 0.1) is 0 Å². The van der Waals surface area contributed by atoms with Crippen molar-refractivity contribution in [1.29, 1.82) is 0 Å². The van der Waals surface area contributed by atoms with Crippen LogP contribution in [-0.4, -0.2) is 25.4 Å². The summed E-state index contributed by atoms with van der Waals surface area (Å²) in [6.45, 7) is 0.0281. The van der Waals surface area contributed by atoms with E-state index in [9.17, 15) is 13.2 Å². The topological polar surface area (TPSA) is 85.4 Å². The number of carbonyl (C=O) groups excluding carboxylic acids is 1. The van der Waals surface area contributed by atoms with Crippen molar-refractivity contribution in [3.63, 3.8) is 0 Å². The van der Waals surface area contributed by atoms with E-state index in [4.69, 9.17) is 16.3 Å². The summed E-state index contributed by atoms with van der Waals surface area (Å²) >= 11 is 5.69. The highest BCUT2D eigenvalue weighted by Crippen LogP contribution is 2.22. The van der Waals surface area contributed by atoms with Crippen molar-refractivity contribution >= 4 is 27.6 Å². The molecule has 1 aromatic heterocycles. The van der Waals surface area contributed by atoms with Crippen LogP contribution in [0.1, 0.15) is 28.8 Å². The molecule has 8 heteroatoms. The van der Waals surface area contributed by atoms with Crippen LogP contribution in [0.3, 0.4) is 0 Å². The van der Waals surface area contributed by atoms with Crippen LogP contribution in [0.5, 0.6) is 0 Å². The highest BCUT2D eigenvalue weighted by molar-refractivity contribution is 7.89. The fourth-order valence-electron chi connectivity index (χ4n) is 2.00. The lowest BCUT2D eigenvalue weighted by molar-refractivity contribution is 0.0472. The quantitative estimate of drug-likeness (QED) is 0.627. The smallest absolute Gasteiger partial charge is 0.338 e. The highest BCUT2D eigenvalue weighted by atomic mass is 35.5. The van der Waals surface area contributed by atoms with Crippen molar-refractivity contribution in [2.24, 2.45) is 0 Å². The third-order valence-corrected chi connectivity index (χ3v) is 5.18. The predicted octanol–water partition coefficient (Wildman–Crippen LogP) is 2.53. The Morgan fingerprint density at radius 3 is 2.75 bits per heavy atom. The Morgan fingerprint density at radius 2 is 2.08 bits per heavy atom. The average Bonchev–Trinajstić information content (AvgIpc) is 3.37. The molecule has 0 radical (unpaired) electrons. The van der Waals surface area contributed by atoms with E-state index < -0.39 is 16.0 Å². The van der Waals surface area contributed by atoms with Gasteiger partial charge in [-0.25, -0.2) is 22.9 Å². The molecule has 0 unspecified atom stereocenters. The van der Waals surface area contributed by atoms with Gasteiger partial charge in [-0.2, -0.15) is 0 Å². The first-order chi connectivity index (χ1) is 11.4. The number of pyridine rings is 1. The summed E-state index contributed by atoms with van der Waals surface area (Å²) in [6.07, 6.45) is 3.20. The fourth-order valence-corrected chi connectivity index (χ4v) is 3.47. The molecule has 1 aliphatic rings. The van der Waals surface area contributed by atoms with Gasteiger partial charge in [0.1, 0.15) is 11.8 Å². The number of hydrogen-bond donors (Lipinski definition) is 1. The molecule has 1 aliphatic carbocycles. The van der Waals surface area contributed by atoms with E-state index in [1.165, 1.54) is 30.5 Å². The molecule has 1 heterocycles. The zero-order valence-corrected chi connectivity index (χ0v) is 14.2. The molecule has 6 nitrogen and oxygen atoms in total. The molecule has 1 saturated carbocycles. The molecule has 0 atom stereocenters. The van der Waals surface area contributed by atoms with Gasteiger partial charge in [0.25, 0.3) is 0 Å². The van der Waals surface area contributed by atoms with Gasteiger partial charge < -0.3 is 4.74 Å². The number of hydrogen-bond acceptors (Lipinski definition) is 5. The molecule has 2 aromatic rings. The molecule has 24 heavy (non-hydrogen) atoms. The molecule has 0 amide bonds. The lowest BCUT2D eigenvalue weighted by Gasteiger charge is -2.08. The molecule has 0 spiro atoms. The largest absolute Gasteiger partial charge is 0.457 e. The lowest BCUT2D eigenvalue weighted by Crippen LogP contribution is -2.25. The van der Waals surface area contributed by atoms with Gasteiger partial charge in [-0.15, -0.1) is 0 Å². The Labute approximate surface area is 144 Å². The minimum atomic E-state index is -3.61. The minimum absolute atomic E-state index is 0.00279. The third-order valence-electron chi connectivity index (χ3n) is 3.44. The molecular formula is C16H15ClN2O4S. The molecule has 1 aromatic carbocycles. The Bertz CT molecular complexity index is 849. The van der Waals surface area contributed by atoms with Crippen LogP contribution in [-0.2, 0) is 21.4 Å². The lowest BCUT2D eigenvalue weighted by atomic mass is 10.2. The van der Waals surface area contributed by atoms with E-state index in [0.29, 0.717) is 10.7 Å². The first-order valence-corrected chi connectivity index (χ1v) is 9.20. The van der Waals surface area contributed by atoms with Crippen LogP contribution in [0.15, 0.2) is 47.5 Å². The van der Waals surface area contributed by atoms with E-state index >= 15 is 0 Å². The van der Waals surface area contributed by atoms with Crippen molar-refractivity contribution in [3.05, 3.63) is 58.9 Å². The highest BCUT2D eigenvalue weighted by Gasteiger charge is 2.28. The Balaban J connectivity index is 1.68. The third kappa shape index (κ3) is 4.31. The summed E-state index contributed by atoms with van der Waals surface area (Å²) < 4.78 is 32.1. The zero-order valence-electron chi connectivity index (χ0n) is 12.6. The average molecular weight is 367 g/mol. The number of esters is 1. The summed E-state index contributed by atoms with van der Waals surface area (Å²) in [4.78, 5) is 16.1. The van der Waals surface area contributed by atoms with E-state index in [1.54, 1.807) is 12.1 Å². The maximum Gasteiger partial charge on any atom is 0.338 e. The number of rotatable bonds is 6. The predicted molar refractivity (Wildman–Crippen MR) is 88.2 cm³/mol. The maximum atomic E-state index is 12.2. The fraction of sp³-hybridized carbons (Fsp3) is 0.250. The van der Waals surface area contributed by atoms with Crippen LogP contribution in [0.25, 0.3) is 0 Å². The Morgan fingerprint density at radius 1 is 1.29 bits per heavy atom. The normalized spacial score (nSPS) is 14.4. The number of aromatic nitrogens is 1. The summed E-state index contributed by atoms with van der Waals surface area (Å²) in [5, 5.41) is 0.353. The molecule has 1 fully saturated rings. The van der Waals surface area contributed by atoms with Gasteiger partial charge in [-0.1, -0.05) is 23.7 Å². The first kappa shape index (κ1) is 16.9. The van der Waals surface area contributed by atoms with Gasteiger partial charge in [-0.05, 0) is 37.1 Å². The number of halogens is 1. The van der Waals surface area contributed by atoms with Crippen molar-refractivity contribution in [2.45, 2.75) is 30.4 Å². The van der Waals surface area contributed by atoms with Gasteiger partial charge in [0.2, 0.25) is 10.0 Å². The van der Waals surface area contributed by atoms with Crippen LogP contribution in [0.2, 0.25) is 5.15 Å². The summed E-state index contributed by atoms with van der Waals surface area (Å²) in [7, 11) is -3.61. The zero-order chi connectivity index (χ0) is 17.2. The van der Waals surface area contributed by atoms with Gasteiger partial charge in [0.05, 0.1) is 10.5 Å². The van der Waals surface area contributed by atoms with E-state index in [2.05, 4.69) is 9.71 Å². The van der Waals surface area contributed by atoms with E-state index in [0.717, 1.165) is 12.8 Å². The molecular weight excluding hydrogens is 352 g/mol. The monoisotopic (exact) mass is 366 g/mol. The standard InChI is InChI=1S/C16H15ClN2O4S/c17-15-7-4-11(9-18-15)10-23-16(20)12-2-1-3-14(8-12)24(21,22)19-13-5-6-13/h1-4,7-9,13,19H,5-6,10H2. The Hall–Kier alpha value is -1.96. The Kier molecular flexibility index (Phi) is 4.84. The molecule has 0 bridgehead atoms. The molecule has 0 aliphatic heterocycles. The van der Waals surface area contributed by atoms with Gasteiger partial charge >= 0.3 is 5.97 Å². The number of nitrogens with one attached hydrogen (secondary N) is 1.